The number of nitrogens with zero attached hydrogens (tertiary/aromatic N) is 2. The molecule has 4 nitrogen and oxygen atoms in total. The standard InChI is InChI=1S/C30H24ClFN2O2/c1-19-2-6-21(7-3-19)27-17-28-26-16-23(31)10-15-29(26)36-30(34(28)33-27)22-8-13-25(14-9-22)35-18-20-4-11-24(32)12-5-20/h2-16,28,30H,17-18H2,1H3/t28-,30-/m0/s1. The third-order valence-corrected chi connectivity index (χ3v) is 6.86. The fraction of sp³-hybridized carbons (Fsp3) is 0.167. The van der Waals surface area contributed by atoms with Crippen LogP contribution in [-0.2, 0) is 6.61 Å². The predicted octanol–water partition coefficient (Wildman–Crippen LogP) is 7.61. The Morgan fingerprint density at radius 2 is 1.72 bits per heavy atom. The summed E-state index contributed by atoms with van der Waals surface area (Å²) in [6, 6.07) is 28.4. The normalized spacial score (nSPS) is 18.2. The van der Waals surface area contributed by atoms with Gasteiger partial charge in [-0.25, -0.2) is 9.40 Å². The molecule has 36 heavy (non-hydrogen) atoms. The largest absolute Gasteiger partial charge is 0.489 e. The van der Waals surface area contributed by atoms with E-state index in [1.165, 1.54) is 17.7 Å². The van der Waals surface area contributed by atoms with Crippen molar-refractivity contribution in [3.05, 3.63) is 130 Å². The van der Waals surface area contributed by atoms with Crippen molar-refractivity contribution in [3.63, 3.8) is 0 Å². The Bertz CT molecular complexity index is 1420. The minimum atomic E-state index is -0.377. The minimum Gasteiger partial charge on any atom is -0.489 e. The van der Waals surface area contributed by atoms with Gasteiger partial charge in [-0.2, -0.15) is 5.10 Å². The second kappa shape index (κ2) is 9.32. The summed E-state index contributed by atoms with van der Waals surface area (Å²) in [4.78, 5) is 0. The first-order chi connectivity index (χ1) is 17.5. The Kier molecular flexibility index (Phi) is 5.86. The Morgan fingerprint density at radius 1 is 0.972 bits per heavy atom. The van der Waals surface area contributed by atoms with E-state index in [9.17, 15) is 4.39 Å². The fourth-order valence-electron chi connectivity index (χ4n) is 4.67. The number of halogens is 2. The molecule has 0 saturated carbocycles. The Hall–Kier alpha value is -3.83. The molecule has 0 aliphatic carbocycles. The molecule has 6 heteroatoms. The first kappa shape index (κ1) is 22.6. The molecule has 0 saturated heterocycles. The molecule has 0 fully saturated rings. The smallest absolute Gasteiger partial charge is 0.213 e. The monoisotopic (exact) mass is 498 g/mol. The van der Waals surface area contributed by atoms with Crippen molar-refractivity contribution in [3.8, 4) is 11.5 Å². The molecule has 6 rings (SSSR count). The van der Waals surface area contributed by atoms with Gasteiger partial charge in [-0.3, -0.25) is 0 Å². The van der Waals surface area contributed by atoms with Crippen molar-refractivity contribution in [2.24, 2.45) is 5.10 Å². The van der Waals surface area contributed by atoms with Gasteiger partial charge in [0.2, 0.25) is 6.23 Å². The minimum absolute atomic E-state index is 0.0307. The molecule has 0 N–H and O–H groups in total. The van der Waals surface area contributed by atoms with Gasteiger partial charge in [0.15, 0.2) is 0 Å². The molecule has 2 atom stereocenters. The average molecular weight is 499 g/mol. The zero-order valence-corrected chi connectivity index (χ0v) is 20.5. The van der Waals surface area contributed by atoms with E-state index in [4.69, 9.17) is 26.2 Å². The summed E-state index contributed by atoms with van der Waals surface area (Å²) in [5.74, 6) is 1.29. The summed E-state index contributed by atoms with van der Waals surface area (Å²) in [5.41, 5.74) is 6.29. The maximum Gasteiger partial charge on any atom is 0.213 e. The highest BCUT2D eigenvalue weighted by molar-refractivity contribution is 6.30. The van der Waals surface area contributed by atoms with E-state index in [0.29, 0.717) is 11.6 Å². The Morgan fingerprint density at radius 3 is 2.47 bits per heavy atom. The van der Waals surface area contributed by atoms with Gasteiger partial charge in [0.1, 0.15) is 23.9 Å². The highest BCUT2D eigenvalue weighted by atomic mass is 35.5. The quantitative estimate of drug-likeness (QED) is 0.284. The third-order valence-electron chi connectivity index (χ3n) is 6.62. The van der Waals surface area contributed by atoms with E-state index < -0.39 is 0 Å². The Balaban J connectivity index is 1.27. The van der Waals surface area contributed by atoms with Crippen molar-refractivity contribution >= 4 is 17.3 Å². The number of hydrogen-bond donors (Lipinski definition) is 0. The van der Waals surface area contributed by atoms with Crippen molar-refractivity contribution in [2.75, 3.05) is 0 Å². The van der Waals surface area contributed by atoms with Crippen LogP contribution < -0.4 is 9.47 Å². The second-order valence-electron chi connectivity index (χ2n) is 9.15. The summed E-state index contributed by atoms with van der Waals surface area (Å²) in [6.07, 6.45) is 0.396. The molecule has 0 spiro atoms. The molecule has 2 aliphatic heterocycles. The number of aryl methyl sites for hydroxylation is 1. The molecule has 180 valence electrons. The van der Waals surface area contributed by atoms with E-state index in [-0.39, 0.29) is 18.1 Å². The number of fused-ring (bicyclic) bond motifs is 3. The van der Waals surface area contributed by atoms with Crippen LogP contribution in [0.15, 0.2) is 96.1 Å². The van der Waals surface area contributed by atoms with Crippen LogP contribution in [0.4, 0.5) is 4.39 Å². The highest BCUT2D eigenvalue weighted by Crippen LogP contribution is 2.48. The summed E-state index contributed by atoms with van der Waals surface area (Å²) in [7, 11) is 0. The topological polar surface area (TPSA) is 34.1 Å². The van der Waals surface area contributed by atoms with Gasteiger partial charge in [0.05, 0.1) is 11.8 Å². The van der Waals surface area contributed by atoms with Crippen LogP contribution >= 0.6 is 11.6 Å². The van der Waals surface area contributed by atoms with Gasteiger partial charge in [-0.05, 0) is 72.6 Å². The van der Waals surface area contributed by atoms with Crippen LogP contribution in [0, 0.1) is 12.7 Å². The number of ether oxygens (including phenoxy) is 2. The summed E-state index contributed by atoms with van der Waals surface area (Å²) in [6.45, 7) is 2.45. The lowest BCUT2D eigenvalue weighted by atomic mass is 9.95. The molecular weight excluding hydrogens is 475 g/mol. The van der Waals surface area contributed by atoms with Crippen molar-refractivity contribution in [2.45, 2.75) is 32.2 Å². The van der Waals surface area contributed by atoms with E-state index >= 15 is 0 Å². The molecule has 0 bridgehead atoms. The molecular formula is C30H24ClFN2O2. The van der Waals surface area contributed by atoms with E-state index in [2.05, 4.69) is 31.2 Å². The van der Waals surface area contributed by atoms with Gasteiger partial charge < -0.3 is 9.47 Å². The lowest BCUT2D eigenvalue weighted by Gasteiger charge is -2.38. The van der Waals surface area contributed by atoms with Crippen LogP contribution in [0.5, 0.6) is 11.5 Å². The molecule has 4 aromatic carbocycles. The highest BCUT2D eigenvalue weighted by Gasteiger charge is 2.41. The number of hydrazone groups is 1. The second-order valence-corrected chi connectivity index (χ2v) is 9.59. The molecule has 0 aromatic heterocycles. The van der Waals surface area contributed by atoms with Crippen LogP contribution in [0.25, 0.3) is 0 Å². The van der Waals surface area contributed by atoms with E-state index in [0.717, 1.165) is 45.9 Å². The van der Waals surface area contributed by atoms with Gasteiger partial charge in [-0.15, -0.1) is 0 Å². The zero-order chi connectivity index (χ0) is 24.6. The lowest BCUT2D eigenvalue weighted by molar-refractivity contribution is -0.0190. The van der Waals surface area contributed by atoms with Gasteiger partial charge in [0.25, 0.3) is 0 Å². The fourth-order valence-corrected chi connectivity index (χ4v) is 4.86. The maximum atomic E-state index is 13.1. The van der Waals surface area contributed by atoms with Crippen molar-refractivity contribution < 1.29 is 13.9 Å². The van der Waals surface area contributed by atoms with Gasteiger partial charge in [0, 0.05) is 22.6 Å². The predicted molar refractivity (Wildman–Crippen MR) is 139 cm³/mol. The zero-order valence-electron chi connectivity index (χ0n) is 19.7. The van der Waals surface area contributed by atoms with Gasteiger partial charge >= 0.3 is 0 Å². The van der Waals surface area contributed by atoms with E-state index in [1.807, 2.05) is 47.5 Å². The summed E-state index contributed by atoms with van der Waals surface area (Å²) >= 11 is 6.35. The molecule has 4 aromatic rings. The first-order valence-corrected chi connectivity index (χ1v) is 12.3. The number of hydrogen-bond acceptors (Lipinski definition) is 4. The SMILES string of the molecule is Cc1ccc(C2=NN3[C@@H](C2)c2cc(Cl)ccc2O[C@H]3c2ccc(OCc3ccc(F)cc3)cc2)cc1. The van der Waals surface area contributed by atoms with Crippen LogP contribution in [0.3, 0.4) is 0 Å². The summed E-state index contributed by atoms with van der Waals surface area (Å²) in [5, 5.41) is 7.75. The number of benzene rings is 4. The van der Waals surface area contributed by atoms with Gasteiger partial charge in [-0.1, -0.05) is 53.6 Å². The maximum absolute atomic E-state index is 13.1. The van der Waals surface area contributed by atoms with Crippen LogP contribution in [-0.4, -0.2) is 10.7 Å². The summed E-state index contributed by atoms with van der Waals surface area (Å²) < 4.78 is 25.5. The molecule has 0 amide bonds. The Labute approximate surface area is 214 Å². The van der Waals surface area contributed by atoms with Crippen molar-refractivity contribution in [1.82, 2.24) is 5.01 Å². The third kappa shape index (κ3) is 4.42. The molecule has 0 radical (unpaired) electrons. The van der Waals surface area contributed by atoms with E-state index in [1.54, 1.807) is 12.1 Å². The lowest BCUT2D eigenvalue weighted by Crippen LogP contribution is -2.33. The average Bonchev–Trinajstić information content (AvgIpc) is 3.35. The number of rotatable bonds is 5. The van der Waals surface area contributed by atoms with Crippen molar-refractivity contribution in [1.29, 1.82) is 0 Å². The molecule has 2 aliphatic rings. The molecule has 0 unspecified atom stereocenters. The van der Waals surface area contributed by atoms with Crippen LogP contribution in [0.2, 0.25) is 5.02 Å². The molecule has 2 heterocycles. The first-order valence-electron chi connectivity index (χ1n) is 11.9. The van der Waals surface area contributed by atoms with Crippen LogP contribution in [0.1, 0.15) is 46.5 Å².